The van der Waals surface area contributed by atoms with Crippen molar-refractivity contribution in [3.05, 3.63) is 47.5 Å². The number of nitrogens with zero attached hydrogens (tertiary/aromatic N) is 4. The zero-order valence-corrected chi connectivity index (χ0v) is 16.9. The summed E-state index contributed by atoms with van der Waals surface area (Å²) in [6.07, 6.45) is 4.08. The monoisotopic (exact) mass is 419 g/mol. The number of alkyl halides is 2. The zero-order chi connectivity index (χ0) is 21.9. The molecule has 0 radical (unpaired) electrons. The van der Waals surface area contributed by atoms with Crippen LogP contribution in [0.4, 0.5) is 8.78 Å². The van der Waals surface area contributed by atoms with Gasteiger partial charge in [0.25, 0.3) is 11.8 Å². The highest BCUT2D eigenvalue weighted by Gasteiger charge is 2.23. The average Bonchev–Trinajstić information content (AvgIpc) is 3.07. The van der Waals surface area contributed by atoms with Crippen LogP contribution in [0.2, 0.25) is 0 Å². The van der Waals surface area contributed by atoms with E-state index in [4.69, 9.17) is 4.74 Å². The van der Waals surface area contributed by atoms with Gasteiger partial charge in [-0.3, -0.25) is 14.5 Å². The molecule has 0 aliphatic heterocycles. The summed E-state index contributed by atoms with van der Waals surface area (Å²) in [6.45, 7) is 3.83. The molecular formula is C20H23F2N5O3. The molecule has 0 saturated heterocycles. The first kappa shape index (κ1) is 21.6. The Labute approximate surface area is 171 Å². The molecule has 0 bridgehead atoms. The van der Waals surface area contributed by atoms with Gasteiger partial charge >= 0.3 is 0 Å². The van der Waals surface area contributed by atoms with Gasteiger partial charge in [0.05, 0.1) is 23.6 Å². The number of carbonyl (C=O) groups excluding carboxylic acids is 1. The number of nitrogens with one attached hydrogen (secondary N) is 1. The number of amides is 1. The van der Waals surface area contributed by atoms with Gasteiger partial charge in [-0.05, 0) is 31.5 Å². The third kappa shape index (κ3) is 5.47. The quantitative estimate of drug-likeness (QED) is 0.581. The lowest BCUT2D eigenvalue weighted by Gasteiger charge is -2.13. The molecule has 2 N–H and O–H groups in total. The Hall–Kier alpha value is -3.14. The summed E-state index contributed by atoms with van der Waals surface area (Å²) in [4.78, 5) is 20.6. The molecule has 0 aromatic carbocycles. The summed E-state index contributed by atoms with van der Waals surface area (Å²) in [6, 6.07) is 3.49. The molecular weight excluding hydrogens is 396 g/mol. The second-order valence-corrected chi connectivity index (χ2v) is 7.30. The molecule has 3 aromatic heterocycles. The molecule has 30 heavy (non-hydrogen) atoms. The van der Waals surface area contributed by atoms with Crippen molar-refractivity contribution in [2.45, 2.75) is 39.3 Å². The van der Waals surface area contributed by atoms with E-state index in [0.717, 1.165) is 12.5 Å². The van der Waals surface area contributed by atoms with Gasteiger partial charge in [-0.1, -0.05) is 0 Å². The van der Waals surface area contributed by atoms with Crippen LogP contribution in [0.3, 0.4) is 0 Å². The molecule has 0 unspecified atom stereocenters. The predicted molar refractivity (Wildman–Crippen MR) is 106 cm³/mol. The number of ether oxygens (including phenoxy) is 1. The van der Waals surface area contributed by atoms with Gasteiger partial charge in [-0.2, -0.15) is 5.10 Å². The Kier molecular flexibility index (Phi) is 6.25. The Morgan fingerprint density at radius 3 is 2.83 bits per heavy atom. The van der Waals surface area contributed by atoms with Crippen LogP contribution in [-0.4, -0.2) is 55.9 Å². The minimum atomic E-state index is -2.94. The van der Waals surface area contributed by atoms with E-state index in [0.29, 0.717) is 23.0 Å². The van der Waals surface area contributed by atoms with E-state index in [1.807, 2.05) is 0 Å². The van der Waals surface area contributed by atoms with Crippen molar-refractivity contribution < 1.29 is 23.4 Å². The summed E-state index contributed by atoms with van der Waals surface area (Å²) in [7, 11) is 0. The van der Waals surface area contributed by atoms with E-state index in [-0.39, 0.29) is 18.1 Å². The number of rotatable bonds is 8. The van der Waals surface area contributed by atoms with Crippen LogP contribution in [0.25, 0.3) is 10.9 Å². The second kappa shape index (κ2) is 8.70. The minimum absolute atomic E-state index is 0.119. The summed E-state index contributed by atoms with van der Waals surface area (Å²) in [5.41, 5.74) is 2.25. The molecule has 1 atom stereocenters. The van der Waals surface area contributed by atoms with Gasteiger partial charge in [0.2, 0.25) is 5.88 Å². The van der Waals surface area contributed by atoms with E-state index in [2.05, 4.69) is 20.4 Å². The maximum absolute atomic E-state index is 13.0. The maximum atomic E-state index is 13.0. The summed E-state index contributed by atoms with van der Waals surface area (Å²) < 4.78 is 32.7. The van der Waals surface area contributed by atoms with Crippen LogP contribution in [0, 0.1) is 6.92 Å². The summed E-state index contributed by atoms with van der Waals surface area (Å²) >= 11 is 0. The van der Waals surface area contributed by atoms with Gasteiger partial charge in [-0.25, -0.2) is 13.8 Å². The third-order valence-electron chi connectivity index (χ3n) is 4.15. The van der Waals surface area contributed by atoms with Crippen molar-refractivity contribution in [3.63, 3.8) is 0 Å². The largest absolute Gasteiger partial charge is 0.471 e. The first-order valence-electron chi connectivity index (χ1n) is 9.37. The molecule has 0 spiro atoms. The highest BCUT2D eigenvalue weighted by Crippen LogP contribution is 2.21. The van der Waals surface area contributed by atoms with Crippen molar-refractivity contribution in [1.29, 1.82) is 0 Å². The highest BCUT2D eigenvalue weighted by atomic mass is 19.3. The number of hydrogen-bond acceptors (Lipinski definition) is 6. The number of pyridine rings is 2. The normalized spacial score (nSPS) is 12.7. The number of aliphatic hydroxyl groups is 1. The van der Waals surface area contributed by atoms with Gasteiger partial charge in [0.1, 0.15) is 5.69 Å². The van der Waals surface area contributed by atoms with Crippen LogP contribution in [0.5, 0.6) is 5.88 Å². The van der Waals surface area contributed by atoms with Gasteiger partial charge < -0.3 is 15.2 Å². The Bertz CT molecular complexity index is 1050. The average molecular weight is 419 g/mol. The van der Waals surface area contributed by atoms with Crippen molar-refractivity contribution in [3.8, 4) is 5.88 Å². The van der Waals surface area contributed by atoms with Crippen LogP contribution < -0.4 is 10.1 Å². The fourth-order valence-corrected chi connectivity index (χ4v) is 2.82. The summed E-state index contributed by atoms with van der Waals surface area (Å²) in [5, 5.41) is 17.0. The molecule has 3 aromatic rings. The standard InChI is InChI=1S/C20H23F2N5O3/c1-12-6-14(8-25-19(12)30-11-20(3,21)22)9-27-10-15-16(26-27)4-5-23-17(15)18(29)24-7-13(2)28/h4-6,8,10,13,28H,7,9,11H2,1-3H3,(H,24,29)/t13-/m1/s1. The molecule has 10 heteroatoms. The minimum Gasteiger partial charge on any atom is -0.471 e. The smallest absolute Gasteiger partial charge is 0.278 e. The number of fused-ring (bicyclic) bond motifs is 1. The Morgan fingerprint density at radius 1 is 1.40 bits per heavy atom. The number of hydrogen-bond donors (Lipinski definition) is 2. The number of aromatic nitrogens is 4. The zero-order valence-electron chi connectivity index (χ0n) is 16.9. The lowest BCUT2D eigenvalue weighted by molar-refractivity contribution is -0.0244. The molecule has 0 aliphatic carbocycles. The molecule has 3 heterocycles. The first-order chi connectivity index (χ1) is 14.1. The van der Waals surface area contributed by atoms with Crippen molar-refractivity contribution >= 4 is 16.8 Å². The SMILES string of the molecule is Cc1cc(Cn2cc3c(C(=O)NC[C@@H](C)O)nccc3n2)cnc1OCC(C)(F)F. The fourth-order valence-electron chi connectivity index (χ4n) is 2.82. The topological polar surface area (TPSA) is 102 Å². The van der Waals surface area contributed by atoms with E-state index in [1.165, 1.54) is 12.4 Å². The summed E-state index contributed by atoms with van der Waals surface area (Å²) in [5.74, 6) is -3.17. The molecule has 160 valence electrons. The van der Waals surface area contributed by atoms with E-state index in [1.54, 1.807) is 36.9 Å². The number of aliphatic hydroxyl groups excluding tert-OH is 1. The third-order valence-corrected chi connectivity index (χ3v) is 4.15. The van der Waals surface area contributed by atoms with E-state index in [9.17, 15) is 18.7 Å². The Balaban J connectivity index is 1.77. The van der Waals surface area contributed by atoms with Crippen LogP contribution in [-0.2, 0) is 6.54 Å². The van der Waals surface area contributed by atoms with E-state index < -0.39 is 24.5 Å². The van der Waals surface area contributed by atoms with Crippen molar-refractivity contribution in [2.75, 3.05) is 13.2 Å². The fraction of sp³-hybridized carbons (Fsp3) is 0.400. The molecule has 0 aliphatic rings. The molecule has 0 fully saturated rings. The van der Waals surface area contributed by atoms with Crippen LogP contribution >= 0.6 is 0 Å². The Morgan fingerprint density at radius 2 is 2.17 bits per heavy atom. The van der Waals surface area contributed by atoms with Gasteiger partial charge in [-0.15, -0.1) is 0 Å². The van der Waals surface area contributed by atoms with Crippen molar-refractivity contribution in [2.24, 2.45) is 0 Å². The maximum Gasteiger partial charge on any atom is 0.278 e. The van der Waals surface area contributed by atoms with E-state index >= 15 is 0 Å². The van der Waals surface area contributed by atoms with Gasteiger partial charge in [0.15, 0.2) is 6.61 Å². The lowest BCUT2D eigenvalue weighted by atomic mass is 10.2. The predicted octanol–water partition coefficient (Wildman–Crippen LogP) is 2.33. The lowest BCUT2D eigenvalue weighted by Crippen LogP contribution is -2.31. The number of halogens is 2. The van der Waals surface area contributed by atoms with Gasteiger partial charge in [0, 0.05) is 37.6 Å². The second-order valence-electron chi connectivity index (χ2n) is 7.30. The molecule has 1 amide bonds. The molecule has 3 rings (SSSR count). The van der Waals surface area contributed by atoms with Crippen LogP contribution in [0.1, 0.15) is 35.5 Å². The van der Waals surface area contributed by atoms with Crippen LogP contribution in [0.15, 0.2) is 30.7 Å². The number of carbonyl (C=O) groups is 1. The van der Waals surface area contributed by atoms with Crippen molar-refractivity contribution in [1.82, 2.24) is 25.1 Å². The first-order valence-corrected chi connectivity index (χ1v) is 9.37. The highest BCUT2D eigenvalue weighted by molar-refractivity contribution is 6.04. The molecule has 0 saturated carbocycles. The molecule has 8 nitrogen and oxygen atoms in total. The number of aryl methyl sites for hydroxylation is 1.